The van der Waals surface area contributed by atoms with Crippen LogP contribution in [0.2, 0.25) is 5.02 Å². The highest BCUT2D eigenvalue weighted by atomic mass is 35.5. The van der Waals surface area contributed by atoms with E-state index in [9.17, 15) is 4.79 Å². The summed E-state index contributed by atoms with van der Waals surface area (Å²) in [6.45, 7) is 13.9. The van der Waals surface area contributed by atoms with Gasteiger partial charge in [-0.1, -0.05) is 31.5 Å². The molecule has 1 atom stereocenters. The Labute approximate surface area is 185 Å². The van der Waals surface area contributed by atoms with E-state index in [0.717, 1.165) is 44.0 Å². The van der Waals surface area contributed by atoms with Crippen LogP contribution in [0.25, 0.3) is 0 Å². The summed E-state index contributed by atoms with van der Waals surface area (Å²) in [4.78, 5) is 19.4. The van der Waals surface area contributed by atoms with Crippen LogP contribution in [0.4, 0.5) is 5.69 Å². The standard InChI is InChI=1S/C22H36ClN5O2/c1-5-24-22(26-13-18-15-28(11-12-30-18)14-16(2)3)25-10-9-21(29)27-20-8-6-7-19(23)17(20)4/h6-8,16,18H,5,9-15H2,1-4H3,(H,27,29)(H2,24,25,26). The lowest BCUT2D eigenvalue weighted by molar-refractivity contribution is -0.116. The maximum Gasteiger partial charge on any atom is 0.226 e. The first-order valence-corrected chi connectivity index (χ1v) is 11.2. The van der Waals surface area contributed by atoms with Crippen LogP contribution in [0.5, 0.6) is 0 Å². The van der Waals surface area contributed by atoms with Gasteiger partial charge in [-0.25, -0.2) is 0 Å². The molecular formula is C22H36ClN5O2. The van der Waals surface area contributed by atoms with Gasteiger partial charge < -0.3 is 20.7 Å². The van der Waals surface area contributed by atoms with Crippen LogP contribution in [0.3, 0.4) is 0 Å². The van der Waals surface area contributed by atoms with Crippen LogP contribution in [0, 0.1) is 12.8 Å². The number of hydrogen-bond donors (Lipinski definition) is 3. The van der Waals surface area contributed by atoms with E-state index < -0.39 is 0 Å². The van der Waals surface area contributed by atoms with Crippen LogP contribution >= 0.6 is 11.6 Å². The predicted molar refractivity (Wildman–Crippen MR) is 124 cm³/mol. The van der Waals surface area contributed by atoms with Crippen LogP contribution in [0.15, 0.2) is 23.2 Å². The predicted octanol–water partition coefficient (Wildman–Crippen LogP) is 2.89. The summed E-state index contributed by atoms with van der Waals surface area (Å²) < 4.78 is 5.87. The molecule has 1 aromatic carbocycles. The van der Waals surface area contributed by atoms with Crippen molar-refractivity contribution in [1.82, 2.24) is 15.5 Å². The fourth-order valence-electron chi connectivity index (χ4n) is 3.36. The summed E-state index contributed by atoms with van der Waals surface area (Å²) in [5.41, 5.74) is 1.61. The average Bonchev–Trinajstić information content (AvgIpc) is 2.69. The Morgan fingerprint density at radius 2 is 2.17 bits per heavy atom. The highest BCUT2D eigenvalue weighted by Crippen LogP contribution is 2.22. The Morgan fingerprint density at radius 3 is 2.90 bits per heavy atom. The molecule has 2 rings (SSSR count). The van der Waals surface area contributed by atoms with Crippen molar-refractivity contribution in [2.24, 2.45) is 10.9 Å². The van der Waals surface area contributed by atoms with Gasteiger partial charge in [0.15, 0.2) is 5.96 Å². The average molecular weight is 438 g/mol. The summed E-state index contributed by atoms with van der Waals surface area (Å²) in [7, 11) is 0. The molecule has 1 heterocycles. The van der Waals surface area contributed by atoms with Crippen molar-refractivity contribution >= 4 is 29.2 Å². The normalized spacial score (nSPS) is 17.8. The van der Waals surface area contributed by atoms with Crippen LogP contribution < -0.4 is 16.0 Å². The molecule has 7 nitrogen and oxygen atoms in total. The Kier molecular flexibility index (Phi) is 10.4. The first-order chi connectivity index (χ1) is 14.4. The van der Waals surface area contributed by atoms with Crippen molar-refractivity contribution in [1.29, 1.82) is 0 Å². The third-order valence-electron chi connectivity index (χ3n) is 4.83. The zero-order valence-electron chi connectivity index (χ0n) is 18.6. The number of benzene rings is 1. The smallest absolute Gasteiger partial charge is 0.226 e. The van der Waals surface area contributed by atoms with Crippen molar-refractivity contribution in [2.45, 2.75) is 40.2 Å². The number of morpholine rings is 1. The van der Waals surface area contributed by atoms with Gasteiger partial charge in [0.25, 0.3) is 0 Å². The number of amides is 1. The second-order valence-electron chi connectivity index (χ2n) is 8.00. The number of carbonyl (C=O) groups is 1. The number of carbonyl (C=O) groups excluding carboxylic acids is 1. The van der Waals surface area contributed by atoms with Gasteiger partial charge in [-0.3, -0.25) is 14.7 Å². The number of hydrogen-bond acceptors (Lipinski definition) is 4. The first-order valence-electron chi connectivity index (χ1n) is 10.8. The van der Waals surface area contributed by atoms with E-state index in [-0.39, 0.29) is 12.0 Å². The molecule has 0 aliphatic carbocycles. The van der Waals surface area contributed by atoms with E-state index in [1.807, 2.05) is 32.0 Å². The van der Waals surface area contributed by atoms with Crippen molar-refractivity contribution < 1.29 is 9.53 Å². The van der Waals surface area contributed by atoms with E-state index in [1.165, 1.54) is 0 Å². The molecule has 1 saturated heterocycles. The first kappa shape index (κ1) is 24.4. The van der Waals surface area contributed by atoms with Gasteiger partial charge in [0.05, 0.1) is 19.3 Å². The molecule has 3 N–H and O–H groups in total. The van der Waals surface area contributed by atoms with E-state index in [1.54, 1.807) is 0 Å². The Hall–Kier alpha value is -1.83. The number of nitrogens with zero attached hydrogens (tertiary/aromatic N) is 2. The Morgan fingerprint density at radius 1 is 1.37 bits per heavy atom. The molecule has 1 unspecified atom stereocenters. The molecule has 30 heavy (non-hydrogen) atoms. The Bertz CT molecular complexity index is 711. The molecular weight excluding hydrogens is 402 g/mol. The summed E-state index contributed by atoms with van der Waals surface area (Å²) in [5, 5.41) is 10.0. The number of rotatable bonds is 9. The molecule has 1 aliphatic rings. The fourth-order valence-corrected chi connectivity index (χ4v) is 3.53. The third kappa shape index (κ3) is 8.50. The largest absolute Gasteiger partial charge is 0.374 e. The van der Waals surface area contributed by atoms with Crippen molar-refractivity contribution in [3.8, 4) is 0 Å². The van der Waals surface area contributed by atoms with Crippen LogP contribution in [-0.4, -0.2) is 68.7 Å². The number of aliphatic imine (C=N–C) groups is 1. The zero-order valence-corrected chi connectivity index (χ0v) is 19.4. The lowest BCUT2D eigenvalue weighted by Gasteiger charge is -2.33. The molecule has 1 aromatic rings. The second-order valence-corrected chi connectivity index (χ2v) is 8.41. The maximum atomic E-state index is 12.3. The van der Waals surface area contributed by atoms with Crippen LogP contribution in [0.1, 0.15) is 32.8 Å². The van der Waals surface area contributed by atoms with E-state index in [0.29, 0.717) is 36.4 Å². The van der Waals surface area contributed by atoms with Gasteiger partial charge in [0.2, 0.25) is 5.91 Å². The lowest BCUT2D eigenvalue weighted by atomic mass is 10.2. The van der Waals surface area contributed by atoms with Crippen molar-refractivity contribution in [3.63, 3.8) is 0 Å². The van der Waals surface area contributed by atoms with Crippen molar-refractivity contribution in [3.05, 3.63) is 28.8 Å². The van der Waals surface area contributed by atoms with E-state index in [2.05, 4.69) is 39.7 Å². The summed E-state index contributed by atoms with van der Waals surface area (Å²) in [6, 6.07) is 5.49. The van der Waals surface area contributed by atoms with Gasteiger partial charge in [-0.15, -0.1) is 0 Å². The minimum absolute atomic E-state index is 0.0661. The molecule has 0 radical (unpaired) electrons. The SMILES string of the molecule is CCNC(=NCC1CN(CC(C)C)CCO1)NCCC(=O)Nc1cccc(Cl)c1C. The molecule has 8 heteroatoms. The molecule has 1 fully saturated rings. The molecule has 0 spiro atoms. The maximum absolute atomic E-state index is 12.3. The fraction of sp³-hybridized carbons (Fsp3) is 0.636. The summed E-state index contributed by atoms with van der Waals surface area (Å²) >= 11 is 6.11. The van der Waals surface area contributed by atoms with Gasteiger partial charge in [-0.05, 0) is 37.5 Å². The molecule has 1 aliphatic heterocycles. The topological polar surface area (TPSA) is 78.0 Å². The molecule has 0 saturated carbocycles. The number of anilines is 1. The highest BCUT2D eigenvalue weighted by Gasteiger charge is 2.20. The number of ether oxygens (including phenoxy) is 1. The van der Waals surface area contributed by atoms with Gasteiger partial charge in [0, 0.05) is 49.9 Å². The van der Waals surface area contributed by atoms with E-state index >= 15 is 0 Å². The number of guanidine groups is 1. The Balaban J connectivity index is 1.79. The minimum atomic E-state index is -0.0661. The molecule has 0 bridgehead atoms. The van der Waals surface area contributed by atoms with Gasteiger partial charge in [-0.2, -0.15) is 0 Å². The number of nitrogens with one attached hydrogen (secondary N) is 3. The zero-order chi connectivity index (χ0) is 21.9. The quantitative estimate of drug-likeness (QED) is 0.409. The van der Waals surface area contributed by atoms with E-state index in [4.69, 9.17) is 16.3 Å². The summed E-state index contributed by atoms with van der Waals surface area (Å²) in [5.74, 6) is 1.28. The monoisotopic (exact) mass is 437 g/mol. The van der Waals surface area contributed by atoms with Crippen molar-refractivity contribution in [2.75, 3.05) is 51.2 Å². The minimum Gasteiger partial charge on any atom is -0.374 e. The lowest BCUT2D eigenvalue weighted by Crippen LogP contribution is -2.46. The van der Waals surface area contributed by atoms with Gasteiger partial charge in [0.1, 0.15) is 0 Å². The van der Waals surface area contributed by atoms with Gasteiger partial charge >= 0.3 is 0 Å². The second kappa shape index (κ2) is 12.8. The molecule has 168 valence electrons. The molecule has 0 aromatic heterocycles. The number of halogens is 1. The third-order valence-corrected chi connectivity index (χ3v) is 5.24. The summed E-state index contributed by atoms with van der Waals surface area (Å²) in [6.07, 6.45) is 0.431. The van der Waals surface area contributed by atoms with Crippen LogP contribution in [-0.2, 0) is 9.53 Å². The molecule has 1 amide bonds. The highest BCUT2D eigenvalue weighted by molar-refractivity contribution is 6.31.